The molecule has 0 aliphatic heterocycles. The van der Waals surface area contributed by atoms with E-state index in [1.54, 1.807) is 13.0 Å². The fourth-order valence-electron chi connectivity index (χ4n) is 1.87. The summed E-state index contributed by atoms with van der Waals surface area (Å²) in [5.74, 6) is 1.01. The van der Waals surface area contributed by atoms with Crippen LogP contribution in [0.5, 0.6) is 5.75 Å². The van der Waals surface area contributed by atoms with E-state index in [2.05, 4.69) is 24.5 Å². The van der Waals surface area contributed by atoms with Crippen LogP contribution >= 0.6 is 11.6 Å². The minimum absolute atomic E-state index is 0.140. The molecule has 0 aliphatic rings. The van der Waals surface area contributed by atoms with Gasteiger partial charge in [0.15, 0.2) is 6.10 Å². The Hall–Kier alpha value is -1.26. The van der Waals surface area contributed by atoms with Crippen molar-refractivity contribution in [2.24, 2.45) is 5.92 Å². The highest BCUT2D eigenvalue weighted by atomic mass is 35.5. The zero-order valence-electron chi connectivity index (χ0n) is 13.2. The minimum atomic E-state index is -0.575. The Morgan fingerprint density at radius 1 is 1.33 bits per heavy atom. The Kier molecular flexibility index (Phi) is 7.54. The molecule has 1 atom stereocenters. The van der Waals surface area contributed by atoms with E-state index in [-0.39, 0.29) is 5.91 Å². The van der Waals surface area contributed by atoms with E-state index in [1.807, 2.05) is 19.1 Å². The summed E-state index contributed by atoms with van der Waals surface area (Å²) in [7, 11) is 0. The van der Waals surface area contributed by atoms with Gasteiger partial charge in [0, 0.05) is 18.7 Å². The normalized spacial score (nSPS) is 12.3. The summed E-state index contributed by atoms with van der Waals surface area (Å²) in [5.41, 5.74) is 0.958. The SMILES string of the molecule is CCNC(=O)C(C)Oc1c(Cl)cccc1CNCC(C)C. The smallest absolute Gasteiger partial charge is 0.260 e. The Labute approximate surface area is 132 Å². The van der Waals surface area contributed by atoms with Gasteiger partial charge >= 0.3 is 0 Å². The minimum Gasteiger partial charge on any atom is -0.479 e. The number of halogens is 1. The number of ether oxygens (including phenoxy) is 1. The van der Waals surface area contributed by atoms with Gasteiger partial charge < -0.3 is 15.4 Å². The Bertz CT molecular complexity index is 464. The lowest BCUT2D eigenvalue weighted by molar-refractivity contribution is -0.127. The third-order valence-corrected chi connectivity index (χ3v) is 3.23. The zero-order valence-corrected chi connectivity index (χ0v) is 14.0. The van der Waals surface area contributed by atoms with Gasteiger partial charge in [-0.25, -0.2) is 0 Å². The molecule has 1 unspecified atom stereocenters. The van der Waals surface area contributed by atoms with Gasteiger partial charge in [0.05, 0.1) is 5.02 Å². The monoisotopic (exact) mass is 312 g/mol. The van der Waals surface area contributed by atoms with Crippen molar-refractivity contribution in [3.8, 4) is 5.75 Å². The molecule has 1 amide bonds. The van der Waals surface area contributed by atoms with Crippen LogP contribution in [0.15, 0.2) is 18.2 Å². The van der Waals surface area contributed by atoms with E-state index in [1.165, 1.54) is 0 Å². The molecule has 118 valence electrons. The van der Waals surface area contributed by atoms with E-state index in [9.17, 15) is 4.79 Å². The molecule has 1 aromatic rings. The van der Waals surface area contributed by atoms with Crippen LogP contribution in [-0.4, -0.2) is 25.1 Å². The van der Waals surface area contributed by atoms with Crippen LogP contribution in [-0.2, 0) is 11.3 Å². The number of rotatable bonds is 8. The van der Waals surface area contributed by atoms with Gasteiger partial charge in [-0.05, 0) is 32.4 Å². The van der Waals surface area contributed by atoms with Gasteiger partial charge in [0.25, 0.3) is 5.91 Å². The summed E-state index contributed by atoms with van der Waals surface area (Å²) < 4.78 is 5.76. The number of para-hydroxylation sites is 1. The summed E-state index contributed by atoms with van der Waals surface area (Å²) in [6, 6.07) is 5.62. The van der Waals surface area contributed by atoms with Crippen molar-refractivity contribution < 1.29 is 9.53 Å². The second kappa shape index (κ2) is 8.90. The molecule has 0 fully saturated rings. The van der Waals surface area contributed by atoms with E-state index >= 15 is 0 Å². The maximum Gasteiger partial charge on any atom is 0.260 e. The predicted octanol–water partition coefficient (Wildman–Crippen LogP) is 2.99. The first-order valence-electron chi connectivity index (χ1n) is 7.38. The Morgan fingerprint density at radius 3 is 2.67 bits per heavy atom. The van der Waals surface area contributed by atoms with Crippen LogP contribution in [0, 0.1) is 5.92 Å². The zero-order chi connectivity index (χ0) is 15.8. The van der Waals surface area contributed by atoms with Crippen LogP contribution in [0.1, 0.15) is 33.3 Å². The molecule has 21 heavy (non-hydrogen) atoms. The number of hydrogen-bond acceptors (Lipinski definition) is 3. The van der Waals surface area contributed by atoms with Crippen molar-refractivity contribution >= 4 is 17.5 Å². The molecule has 2 N–H and O–H groups in total. The van der Waals surface area contributed by atoms with Crippen molar-refractivity contribution in [2.75, 3.05) is 13.1 Å². The molecule has 0 saturated heterocycles. The number of carbonyl (C=O) groups is 1. The van der Waals surface area contributed by atoms with Crippen LogP contribution in [0.2, 0.25) is 5.02 Å². The molecule has 0 aliphatic carbocycles. The molecular formula is C16H25ClN2O2. The van der Waals surface area contributed by atoms with Gasteiger partial charge in [0.1, 0.15) is 5.75 Å². The average Bonchev–Trinajstić information content (AvgIpc) is 2.42. The Morgan fingerprint density at radius 2 is 2.05 bits per heavy atom. The number of carbonyl (C=O) groups excluding carboxylic acids is 1. The van der Waals surface area contributed by atoms with E-state index in [0.29, 0.717) is 29.8 Å². The molecule has 0 heterocycles. The predicted molar refractivity (Wildman–Crippen MR) is 86.8 cm³/mol. The number of likely N-dealkylation sites (N-methyl/N-ethyl adjacent to an activating group) is 1. The number of amides is 1. The summed E-state index contributed by atoms with van der Waals surface area (Å²) in [6.07, 6.45) is -0.575. The van der Waals surface area contributed by atoms with Crippen LogP contribution < -0.4 is 15.4 Å². The summed E-state index contributed by atoms with van der Waals surface area (Å²) >= 11 is 6.21. The maximum absolute atomic E-state index is 11.8. The summed E-state index contributed by atoms with van der Waals surface area (Å²) in [5, 5.41) is 6.62. The van der Waals surface area contributed by atoms with Crippen molar-refractivity contribution in [3.05, 3.63) is 28.8 Å². The molecule has 0 saturated carbocycles. The second-order valence-electron chi connectivity index (χ2n) is 5.41. The first-order valence-corrected chi connectivity index (χ1v) is 7.76. The second-order valence-corrected chi connectivity index (χ2v) is 5.81. The van der Waals surface area contributed by atoms with Gasteiger partial charge in [-0.2, -0.15) is 0 Å². The lowest BCUT2D eigenvalue weighted by Gasteiger charge is -2.18. The molecule has 0 bridgehead atoms. The lowest BCUT2D eigenvalue weighted by Crippen LogP contribution is -2.36. The highest BCUT2D eigenvalue weighted by Crippen LogP contribution is 2.29. The van der Waals surface area contributed by atoms with Gasteiger partial charge in [0.2, 0.25) is 0 Å². The molecule has 5 heteroatoms. The third-order valence-electron chi connectivity index (χ3n) is 2.93. The molecular weight excluding hydrogens is 288 g/mol. The molecule has 0 radical (unpaired) electrons. The van der Waals surface area contributed by atoms with Gasteiger partial charge in [-0.15, -0.1) is 0 Å². The van der Waals surface area contributed by atoms with Crippen LogP contribution in [0.3, 0.4) is 0 Å². The highest BCUT2D eigenvalue weighted by Gasteiger charge is 2.17. The first kappa shape index (κ1) is 17.8. The fraction of sp³-hybridized carbons (Fsp3) is 0.562. The largest absolute Gasteiger partial charge is 0.479 e. The first-order chi connectivity index (χ1) is 9.95. The topological polar surface area (TPSA) is 50.4 Å². The summed E-state index contributed by atoms with van der Waals surface area (Å²) in [4.78, 5) is 11.8. The fourth-order valence-corrected chi connectivity index (χ4v) is 2.11. The molecule has 4 nitrogen and oxygen atoms in total. The van der Waals surface area contributed by atoms with E-state index in [0.717, 1.165) is 12.1 Å². The third kappa shape index (κ3) is 5.94. The van der Waals surface area contributed by atoms with E-state index < -0.39 is 6.10 Å². The van der Waals surface area contributed by atoms with Crippen molar-refractivity contribution in [3.63, 3.8) is 0 Å². The van der Waals surface area contributed by atoms with Crippen molar-refractivity contribution in [1.82, 2.24) is 10.6 Å². The van der Waals surface area contributed by atoms with Crippen LogP contribution in [0.25, 0.3) is 0 Å². The molecule has 0 aromatic heterocycles. The van der Waals surface area contributed by atoms with Crippen molar-refractivity contribution in [2.45, 2.75) is 40.3 Å². The summed E-state index contributed by atoms with van der Waals surface area (Å²) in [6.45, 7) is 10.1. The number of benzene rings is 1. The molecule has 1 rings (SSSR count). The molecule has 1 aromatic carbocycles. The van der Waals surface area contributed by atoms with Crippen LogP contribution in [0.4, 0.5) is 0 Å². The number of nitrogens with one attached hydrogen (secondary N) is 2. The average molecular weight is 313 g/mol. The van der Waals surface area contributed by atoms with Crippen molar-refractivity contribution in [1.29, 1.82) is 0 Å². The quantitative estimate of drug-likeness (QED) is 0.776. The highest BCUT2D eigenvalue weighted by molar-refractivity contribution is 6.32. The molecule has 0 spiro atoms. The maximum atomic E-state index is 11.8. The van der Waals surface area contributed by atoms with E-state index in [4.69, 9.17) is 16.3 Å². The Balaban J connectivity index is 2.77. The van der Waals surface area contributed by atoms with Gasteiger partial charge in [-0.3, -0.25) is 4.79 Å². The number of hydrogen-bond donors (Lipinski definition) is 2. The standard InChI is InChI=1S/C16H25ClN2O2/c1-5-19-16(20)12(4)21-15-13(7-6-8-14(15)17)10-18-9-11(2)3/h6-8,11-12,18H,5,9-10H2,1-4H3,(H,19,20). The lowest BCUT2D eigenvalue weighted by atomic mass is 10.1. The van der Waals surface area contributed by atoms with Gasteiger partial charge in [-0.1, -0.05) is 37.6 Å².